The fraction of sp³-hybridized carbons (Fsp3) is 0.267. The Hall–Kier alpha value is -2.01. The average molecular weight is 283 g/mol. The molecule has 4 nitrogen and oxygen atoms in total. The van der Waals surface area contributed by atoms with E-state index in [2.05, 4.69) is 11.1 Å². The van der Waals surface area contributed by atoms with Gasteiger partial charge in [-0.3, -0.25) is 14.2 Å². The Morgan fingerprint density at radius 3 is 3.10 bits per heavy atom. The zero-order valence-corrected chi connectivity index (χ0v) is 11.8. The van der Waals surface area contributed by atoms with Gasteiger partial charge in [-0.15, -0.1) is 11.3 Å². The lowest BCUT2D eigenvalue weighted by Gasteiger charge is -2.05. The van der Waals surface area contributed by atoms with Crippen LogP contribution in [0.25, 0.3) is 4.96 Å². The van der Waals surface area contributed by atoms with Crippen LogP contribution in [0.4, 0.5) is 0 Å². The fourth-order valence-electron chi connectivity index (χ4n) is 2.81. The van der Waals surface area contributed by atoms with Crippen molar-refractivity contribution in [1.82, 2.24) is 14.4 Å². The summed E-state index contributed by atoms with van der Waals surface area (Å²) in [6.07, 6.45) is 6.54. The topological polar surface area (TPSA) is 47.3 Å². The summed E-state index contributed by atoms with van der Waals surface area (Å²) in [5.41, 5.74) is 3.04. The van der Waals surface area contributed by atoms with Crippen LogP contribution in [-0.4, -0.2) is 14.4 Å². The smallest absolute Gasteiger partial charge is 0.261 e. The first-order valence-corrected chi connectivity index (χ1v) is 7.50. The molecule has 100 valence electrons. The van der Waals surface area contributed by atoms with Gasteiger partial charge in [0, 0.05) is 35.5 Å². The van der Waals surface area contributed by atoms with Crippen LogP contribution < -0.4 is 5.56 Å². The zero-order valence-electron chi connectivity index (χ0n) is 11.0. The van der Waals surface area contributed by atoms with E-state index in [0.717, 1.165) is 22.6 Å². The number of aromatic nitrogens is 3. The first-order chi connectivity index (χ1) is 9.75. The van der Waals surface area contributed by atoms with Crippen LogP contribution in [0.5, 0.6) is 0 Å². The highest BCUT2D eigenvalue weighted by Crippen LogP contribution is 2.54. The van der Waals surface area contributed by atoms with E-state index in [1.165, 1.54) is 16.9 Å². The molecule has 2 unspecified atom stereocenters. The van der Waals surface area contributed by atoms with Crippen molar-refractivity contribution in [3.63, 3.8) is 0 Å². The van der Waals surface area contributed by atoms with Crippen LogP contribution in [0.15, 0.2) is 40.9 Å². The summed E-state index contributed by atoms with van der Waals surface area (Å²) in [6.45, 7) is 1.88. The van der Waals surface area contributed by atoms with Gasteiger partial charge in [0.25, 0.3) is 5.56 Å². The van der Waals surface area contributed by atoms with E-state index in [1.807, 2.05) is 24.6 Å². The molecule has 1 aliphatic rings. The van der Waals surface area contributed by atoms with Gasteiger partial charge in [0.15, 0.2) is 4.96 Å². The van der Waals surface area contributed by atoms with Gasteiger partial charge in [-0.25, -0.2) is 4.98 Å². The third kappa shape index (κ3) is 1.70. The highest BCUT2D eigenvalue weighted by atomic mass is 32.1. The monoisotopic (exact) mass is 283 g/mol. The fourth-order valence-corrected chi connectivity index (χ4v) is 3.52. The molecular weight excluding hydrogens is 270 g/mol. The summed E-state index contributed by atoms with van der Waals surface area (Å²) >= 11 is 1.51. The van der Waals surface area contributed by atoms with Gasteiger partial charge in [0.2, 0.25) is 0 Å². The SMILES string of the molecule is Cc1c(C2CC2c2cccnc2)nc2sccn2c1=O. The van der Waals surface area contributed by atoms with Crippen molar-refractivity contribution in [2.24, 2.45) is 0 Å². The largest absolute Gasteiger partial charge is 0.269 e. The van der Waals surface area contributed by atoms with Crippen LogP contribution in [-0.2, 0) is 0 Å². The number of hydrogen-bond acceptors (Lipinski definition) is 4. The Morgan fingerprint density at radius 2 is 2.30 bits per heavy atom. The second-order valence-electron chi connectivity index (χ2n) is 5.22. The molecule has 0 bridgehead atoms. The molecule has 0 amide bonds. The van der Waals surface area contributed by atoms with E-state index >= 15 is 0 Å². The van der Waals surface area contributed by atoms with Gasteiger partial charge >= 0.3 is 0 Å². The number of hydrogen-bond donors (Lipinski definition) is 0. The number of thiazole rings is 1. The van der Waals surface area contributed by atoms with Crippen molar-refractivity contribution in [3.05, 3.63) is 63.3 Å². The van der Waals surface area contributed by atoms with Gasteiger partial charge in [0.1, 0.15) is 0 Å². The summed E-state index contributed by atoms with van der Waals surface area (Å²) in [4.78, 5) is 22.0. The van der Waals surface area contributed by atoms with E-state index in [4.69, 9.17) is 4.98 Å². The van der Waals surface area contributed by atoms with Crippen molar-refractivity contribution in [3.8, 4) is 0 Å². The van der Waals surface area contributed by atoms with E-state index in [9.17, 15) is 4.79 Å². The second kappa shape index (κ2) is 4.24. The molecule has 2 atom stereocenters. The van der Waals surface area contributed by atoms with Gasteiger partial charge in [0.05, 0.1) is 5.69 Å². The predicted octanol–water partition coefficient (Wildman–Crippen LogP) is 2.73. The number of fused-ring (bicyclic) bond motifs is 1. The quantitative estimate of drug-likeness (QED) is 0.726. The lowest BCUT2D eigenvalue weighted by Crippen LogP contribution is -2.18. The molecule has 20 heavy (non-hydrogen) atoms. The lowest BCUT2D eigenvalue weighted by atomic mass is 10.1. The molecule has 4 rings (SSSR count). The summed E-state index contributed by atoms with van der Waals surface area (Å²) in [7, 11) is 0. The minimum absolute atomic E-state index is 0.0584. The maximum atomic E-state index is 12.3. The Morgan fingerprint density at radius 1 is 1.40 bits per heavy atom. The van der Waals surface area contributed by atoms with Crippen LogP contribution in [0.3, 0.4) is 0 Å². The zero-order chi connectivity index (χ0) is 13.7. The predicted molar refractivity (Wildman–Crippen MR) is 78.4 cm³/mol. The van der Waals surface area contributed by atoms with E-state index in [-0.39, 0.29) is 5.56 Å². The third-order valence-corrected chi connectivity index (χ3v) is 4.74. The van der Waals surface area contributed by atoms with Gasteiger partial charge in [-0.2, -0.15) is 0 Å². The third-order valence-electron chi connectivity index (χ3n) is 3.98. The van der Waals surface area contributed by atoms with Crippen LogP contribution in [0.1, 0.15) is 35.1 Å². The van der Waals surface area contributed by atoms with Crippen LogP contribution >= 0.6 is 11.3 Å². The molecule has 0 aliphatic heterocycles. The summed E-state index contributed by atoms with van der Waals surface area (Å²) in [5.74, 6) is 0.815. The standard InChI is InChI=1S/C15H13N3OS/c1-9-13(17-15-18(14(9)19)5-6-20-15)12-7-11(12)10-3-2-4-16-8-10/h2-6,8,11-12H,7H2,1H3. The maximum Gasteiger partial charge on any atom is 0.261 e. The average Bonchev–Trinajstić information content (AvgIpc) is 3.13. The number of pyridine rings is 1. The molecule has 3 heterocycles. The highest BCUT2D eigenvalue weighted by molar-refractivity contribution is 7.15. The molecule has 0 aromatic carbocycles. The van der Waals surface area contributed by atoms with Crippen LogP contribution in [0.2, 0.25) is 0 Å². The van der Waals surface area contributed by atoms with Crippen molar-refractivity contribution in [2.45, 2.75) is 25.2 Å². The highest BCUT2D eigenvalue weighted by Gasteiger charge is 2.42. The van der Waals surface area contributed by atoms with Crippen molar-refractivity contribution in [2.75, 3.05) is 0 Å². The summed E-state index contributed by atoms with van der Waals surface area (Å²) in [5, 5.41) is 1.90. The summed E-state index contributed by atoms with van der Waals surface area (Å²) in [6, 6.07) is 4.06. The number of rotatable bonds is 2. The molecule has 1 saturated carbocycles. The molecule has 3 aromatic heterocycles. The molecule has 0 N–H and O–H groups in total. The first kappa shape index (κ1) is 11.8. The maximum absolute atomic E-state index is 12.3. The lowest BCUT2D eigenvalue weighted by molar-refractivity contribution is 0.911. The molecule has 0 spiro atoms. The number of nitrogens with zero attached hydrogens (tertiary/aromatic N) is 3. The Kier molecular flexibility index (Phi) is 2.50. The van der Waals surface area contributed by atoms with Crippen molar-refractivity contribution >= 4 is 16.3 Å². The van der Waals surface area contributed by atoms with E-state index < -0.39 is 0 Å². The molecule has 1 fully saturated rings. The molecule has 1 aliphatic carbocycles. The molecule has 0 radical (unpaired) electrons. The van der Waals surface area contributed by atoms with Gasteiger partial charge in [-0.1, -0.05) is 6.07 Å². The second-order valence-corrected chi connectivity index (χ2v) is 6.09. The van der Waals surface area contributed by atoms with Crippen molar-refractivity contribution < 1.29 is 0 Å². The first-order valence-electron chi connectivity index (χ1n) is 6.62. The summed E-state index contributed by atoms with van der Waals surface area (Å²) < 4.78 is 1.63. The van der Waals surface area contributed by atoms with Gasteiger partial charge in [-0.05, 0) is 30.9 Å². The van der Waals surface area contributed by atoms with E-state index in [1.54, 1.807) is 16.8 Å². The normalized spacial score (nSPS) is 21.2. The molecular formula is C15H13N3OS. The van der Waals surface area contributed by atoms with Crippen LogP contribution in [0, 0.1) is 6.92 Å². The Labute approximate surface area is 119 Å². The van der Waals surface area contributed by atoms with Crippen molar-refractivity contribution in [1.29, 1.82) is 0 Å². The Bertz CT molecular complexity index is 837. The minimum atomic E-state index is 0.0584. The van der Waals surface area contributed by atoms with E-state index in [0.29, 0.717) is 11.8 Å². The molecule has 3 aromatic rings. The van der Waals surface area contributed by atoms with Gasteiger partial charge < -0.3 is 0 Å². The molecule has 0 saturated heterocycles. The Balaban J connectivity index is 1.77. The molecule has 5 heteroatoms. The minimum Gasteiger partial charge on any atom is -0.269 e.